The average Bonchev–Trinajstić information content (AvgIpc) is 2.84. The van der Waals surface area contributed by atoms with Crippen molar-refractivity contribution in [1.82, 2.24) is 0 Å². The number of anilines is 1. The van der Waals surface area contributed by atoms with E-state index in [2.05, 4.69) is 11.4 Å². The van der Waals surface area contributed by atoms with Gasteiger partial charge in [0.1, 0.15) is 0 Å². The lowest BCUT2D eigenvalue weighted by Gasteiger charge is -2.24. The van der Waals surface area contributed by atoms with Gasteiger partial charge < -0.3 is 5.32 Å². The van der Waals surface area contributed by atoms with Crippen LogP contribution in [0.3, 0.4) is 0 Å². The molecular formula is C27H26N2O4S. The van der Waals surface area contributed by atoms with Gasteiger partial charge in [-0.1, -0.05) is 31.2 Å². The van der Waals surface area contributed by atoms with Crippen LogP contribution in [0, 0.1) is 11.3 Å². The number of carbonyl (C=O) groups excluding carboxylic acids is 2. The van der Waals surface area contributed by atoms with Gasteiger partial charge in [0.15, 0.2) is 15.6 Å². The van der Waals surface area contributed by atoms with Gasteiger partial charge in [-0.05, 0) is 73.5 Å². The zero-order valence-electron chi connectivity index (χ0n) is 19.3. The van der Waals surface area contributed by atoms with E-state index in [9.17, 15) is 18.0 Å². The number of hydrogen-bond donors (Lipinski definition) is 1. The minimum Gasteiger partial charge on any atom is -0.326 e. The minimum absolute atomic E-state index is 0.0226. The molecule has 1 N–H and O–H groups in total. The largest absolute Gasteiger partial charge is 0.326 e. The first-order chi connectivity index (χ1) is 16.1. The quantitative estimate of drug-likeness (QED) is 0.477. The van der Waals surface area contributed by atoms with Gasteiger partial charge in [-0.2, -0.15) is 5.26 Å². The molecule has 0 radical (unpaired) electrons. The van der Waals surface area contributed by atoms with E-state index in [-0.39, 0.29) is 28.8 Å². The molecule has 0 fully saturated rings. The monoisotopic (exact) mass is 474 g/mol. The Morgan fingerprint density at radius 3 is 2.21 bits per heavy atom. The Hall–Kier alpha value is -3.76. The summed E-state index contributed by atoms with van der Waals surface area (Å²) in [7, 11) is -3.28. The standard InChI is InChI=1S/C27H26N2O4S/c1-4-34(32,33)24-14-8-19(9-15-24)17-25(30)29-23-12-10-21(11-13-23)26(31)27(2,3)22-7-5-6-20(16-22)18-28/h5-16H,4,17H2,1-3H3,(H,29,30). The third kappa shape index (κ3) is 5.59. The fourth-order valence-corrected chi connectivity index (χ4v) is 4.43. The minimum atomic E-state index is -3.28. The van der Waals surface area contributed by atoms with Crippen molar-refractivity contribution in [2.75, 3.05) is 11.1 Å². The number of amides is 1. The second-order valence-electron chi connectivity index (χ2n) is 8.50. The summed E-state index contributed by atoms with van der Waals surface area (Å²) in [5.41, 5.74) is 2.18. The average molecular weight is 475 g/mol. The molecule has 0 spiro atoms. The first-order valence-electron chi connectivity index (χ1n) is 10.8. The Bertz CT molecular complexity index is 1350. The van der Waals surface area contributed by atoms with Crippen LogP contribution in [0.5, 0.6) is 0 Å². The van der Waals surface area contributed by atoms with Crippen LogP contribution >= 0.6 is 0 Å². The molecule has 1 amide bonds. The normalized spacial score (nSPS) is 11.5. The summed E-state index contributed by atoms with van der Waals surface area (Å²) < 4.78 is 23.8. The molecule has 3 aromatic carbocycles. The Kier molecular flexibility index (Phi) is 7.33. The highest BCUT2D eigenvalue weighted by molar-refractivity contribution is 7.91. The molecule has 0 atom stereocenters. The number of nitrogens with zero attached hydrogens (tertiary/aromatic N) is 1. The number of rotatable bonds is 8. The van der Waals surface area contributed by atoms with E-state index in [1.54, 1.807) is 61.5 Å². The molecular weight excluding hydrogens is 448 g/mol. The maximum atomic E-state index is 13.1. The van der Waals surface area contributed by atoms with Gasteiger partial charge in [-0.25, -0.2) is 8.42 Å². The topological polar surface area (TPSA) is 104 Å². The summed E-state index contributed by atoms with van der Waals surface area (Å²) in [4.78, 5) is 25.8. The highest BCUT2D eigenvalue weighted by Gasteiger charge is 2.30. The van der Waals surface area contributed by atoms with Crippen LogP contribution in [-0.4, -0.2) is 25.9 Å². The van der Waals surface area contributed by atoms with Gasteiger partial charge in [0, 0.05) is 11.3 Å². The molecule has 0 saturated heterocycles. The number of benzene rings is 3. The Balaban J connectivity index is 1.66. The van der Waals surface area contributed by atoms with E-state index in [4.69, 9.17) is 5.26 Å². The van der Waals surface area contributed by atoms with Gasteiger partial charge in [0.2, 0.25) is 5.91 Å². The van der Waals surface area contributed by atoms with E-state index in [0.717, 1.165) is 5.56 Å². The first-order valence-corrected chi connectivity index (χ1v) is 12.5. The second kappa shape index (κ2) is 10.0. The van der Waals surface area contributed by atoms with Crippen molar-refractivity contribution in [1.29, 1.82) is 5.26 Å². The smallest absolute Gasteiger partial charge is 0.228 e. The molecule has 0 aliphatic carbocycles. The summed E-state index contributed by atoms with van der Waals surface area (Å²) in [6, 6.07) is 22.1. The highest BCUT2D eigenvalue weighted by Crippen LogP contribution is 2.29. The van der Waals surface area contributed by atoms with Crippen LogP contribution < -0.4 is 5.32 Å². The van der Waals surface area contributed by atoms with E-state index in [1.165, 1.54) is 12.1 Å². The number of Topliss-reactive ketones (excluding diaryl/α,β-unsaturated/α-hetero) is 1. The van der Waals surface area contributed by atoms with Crippen LogP contribution in [0.4, 0.5) is 5.69 Å². The predicted molar refractivity (Wildman–Crippen MR) is 131 cm³/mol. The first kappa shape index (κ1) is 24.9. The summed E-state index contributed by atoms with van der Waals surface area (Å²) in [5, 5.41) is 11.9. The van der Waals surface area contributed by atoms with E-state index in [1.807, 2.05) is 19.9 Å². The van der Waals surface area contributed by atoms with Crippen molar-refractivity contribution < 1.29 is 18.0 Å². The van der Waals surface area contributed by atoms with Gasteiger partial charge in [0.25, 0.3) is 0 Å². The molecule has 0 heterocycles. The fourth-order valence-electron chi connectivity index (χ4n) is 3.55. The molecule has 3 aromatic rings. The maximum absolute atomic E-state index is 13.1. The fraction of sp³-hybridized carbons (Fsp3) is 0.222. The highest BCUT2D eigenvalue weighted by atomic mass is 32.2. The molecule has 6 nitrogen and oxygen atoms in total. The third-order valence-corrected chi connectivity index (χ3v) is 7.49. The van der Waals surface area contributed by atoms with E-state index < -0.39 is 15.3 Å². The van der Waals surface area contributed by atoms with Crippen LogP contribution in [0.2, 0.25) is 0 Å². The molecule has 0 aliphatic rings. The number of nitriles is 1. The number of carbonyl (C=O) groups is 2. The molecule has 0 unspecified atom stereocenters. The van der Waals surface area contributed by atoms with Crippen molar-refractivity contribution in [3.63, 3.8) is 0 Å². The number of hydrogen-bond acceptors (Lipinski definition) is 5. The lowest BCUT2D eigenvalue weighted by atomic mass is 9.77. The number of sulfone groups is 1. The van der Waals surface area contributed by atoms with Gasteiger partial charge >= 0.3 is 0 Å². The van der Waals surface area contributed by atoms with Crippen LogP contribution in [-0.2, 0) is 26.5 Å². The van der Waals surface area contributed by atoms with Crippen molar-refractivity contribution in [2.24, 2.45) is 0 Å². The zero-order valence-corrected chi connectivity index (χ0v) is 20.1. The van der Waals surface area contributed by atoms with Crippen molar-refractivity contribution >= 4 is 27.2 Å². The molecule has 0 saturated carbocycles. The van der Waals surface area contributed by atoms with Gasteiger partial charge in [-0.15, -0.1) is 0 Å². The molecule has 3 rings (SSSR count). The van der Waals surface area contributed by atoms with Crippen LogP contribution in [0.15, 0.2) is 77.7 Å². The van der Waals surface area contributed by atoms with E-state index in [0.29, 0.717) is 22.4 Å². The van der Waals surface area contributed by atoms with Gasteiger partial charge in [-0.3, -0.25) is 9.59 Å². The third-order valence-electron chi connectivity index (χ3n) is 5.74. The molecule has 0 bridgehead atoms. The molecule has 34 heavy (non-hydrogen) atoms. The number of nitrogens with one attached hydrogen (secondary N) is 1. The molecule has 7 heteroatoms. The molecule has 0 aliphatic heterocycles. The molecule has 174 valence electrons. The summed E-state index contributed by atoms with van der Waals surface area (Å²) in [6.45, 7) is 5.22. The van der Waals surface area contributed by atoms with Crippen LogP contribution in [0.25, 0.3) is 0 Å². The Labute approximate surface area is 200 Å². The van der Waals surface area contributed by atoms with E-state index >= 15 is 0 Å². The Morgan fingerprint density at radius 1 is 0.971 bits per heavy atom. The lowest BCUT2D eigenvalue weighted by molar-refractivity contribution is -0.115. The second-order valence-corrected chi connectivity index (χ2v) is 10.8. The number of ketones is 1. The van der Waals surface area contributed by atoms with Crippen LogP contribution in [0.1, 0.15) is 47.8 Å². The van der Waals surface area contributed by atoms with Crippen molar-refractivity contribution in [3.8, 4) is 6.07 Å². The lowest BCUT2D eigenvalue weighted by Crippen LogP contribution is -2.29. The SMILES string of the molecule is CCS(=O)(=O)c1ccc(CC(=O)Nc2ccc(C(=O)C(C)(C)c3cccc(C#N)c3)cc2)cc1. The maximum Gasteiger partial charge on any atom is 0.228 e. The van der Waals surface area contributed by atoms with Gasteiger partial charge in [0.05, 0.1) is 34.1 Å². The summed E-state index contributed by atoms with van der Waals surface area (Å²) >= 11 is 0. The molecule has 0 aromatic heterocycles. The predicted octanol–water partition coefficient (Wildman–Crippen LogP) is 4.69. The summed E-state index contributed by atoms with van der Waals surface area (Å²) in [6.07, 6.45) is 0.0927. The Morgan fingerprint density at radius 2 is 1.62 bits per heavy atom. The van der Waals surface area contributed by atoms with Crippen molar-refractivity contribution in [2.45, 2.75) is 37.5 Å². The zero-order chi connectivity index (χ0) is 24.9. The van der Waals surface area contributed by atoms with Crippen molar-refractivity contribution in [3.05, 3.63) is 95.1 Å². The summed E-state index contributed by atoms with van der Waals surface area (Å²) in [5.74, 6) is -0.323.